The van der Waals surface area contributed by atoms with Crippen LogP contribution in [0.25, 0.3) is 10.6 Å². The zero-order chi connectivity index (χ0) is 14.7. The second-order valence-electron chi connectivity index (χ2n) is 4.36. The highest BCUT2D eigenvalue weighted by molar-refractivity contribution is 7.14. The molecule has 0 fully saturated rings. The predicted octanol–water partition coefficient (Wildman–Crippen LogP) is 4.45. The van der Waals surface area contributed by atoms with Gasteiger partial charge in [0.1, 0.15) is 0 Å². The summed E-state index contributed by atoms with van der Waals surface area (Å²) >= 11 is 5.10. The summed E-state index contributed by atoms with van der Waals surface area (Å²) in [6.07, 6.45) is 1.91. The van der Waals surface area contributed by atoms with Gasteiger partial charge in [-0.05, 0) is 37.4 Å². The van der Waals surface area contributed by atoms with E-state index in [1.165, 1.54) is 9.75 Å². The molecule has 21 heavy (non-hydrogen) atoms. The number of rotatable bonds is 4. The van der Waals surface area contributed by atoms with Crippen LogP contribution in [0.4, 0.5) is 0 Å². The third-order valence-electron chi connectivity index (χ3n) is 2.81. The Morgan fingerprint density at radius 2 is 2.14 bits per heavy atom. The minimum atomic E-state index is 0.762. The van der Waals surface area contributed by atoms with E-state index >= 15 is 0 Å². The zero-order valence-electron chi connectivity index (χ0n) is 11.8. The van der Waals surface area contributed by atoms with Gasteiger partial charge in [0.2, 0.25) is 4.80 Å². The molecule has 0 aromatic carbocycles. The molecule has 3 rings (SSSR count). The van der Waals surface area contributed by atoms with Crippen LogP contribution in [0.15, 0.2) is 45.1 Å². The fraction of sp³-hybridized carbons (Fsp3) is 0.200. The second kappa shape index (κ2) is 6.51. The normalized spacial score (nSPS) is 12.6. The Labute approximate surface area is 135 Å². The van der Waals surface area contributed by atoms with E-state index in [1.807, 2.05) is 17.8 Å². The van der Waals surface area contributed by atoms with E-state index in [4.69, 9.17) is 0 Å². The lowest BCUT2D eigenvalue weighted by molar-refractivity contribution is 0.835. The van der Waals surface area contributed by atoms with Gasteiger partial charge < -0.3 is 0 Å². The van der Waals surface area contributed by atoms with Crippen molar-refractivity contribution in [2.24, 2.45) is 10.1 Å². The predicted molar refractivity (Wildman–Crippen MR) is 93.8 cm³/mol. The molecular weight excluding hydrogens is 318 g/mol. The smallest absolute Gasteiger partial charge is 0.206 e. The van der Waals surface area contributed by atoms with Crippen LogP contribution in [0.2, 0.25) is 0 Å². The standard InChI is InChI=1S/C15H15N3S3/c1-3-16-15-18(17-9-12-7-6-11(2)21-12)13(10-20-15)14-5-4-8-19-14/h4-10H,3H2,1-2H3. The highest BCUT2D eigenvalue weighted by atomic mass is 32.1. The molecule has 3 aromatic heterocycles. The van der Waals surface area contributed by atoms with Crippen LogP contribution in [-0.4, -0.2) is 17.4 Å². The van der Waals surface area contributed by atoms with Crippen LogP contribution in [0, 0.1) is 6.92 Å². The molecule has 3 aromatic rings. The molecule has 0 amide bonds. The number of aromatic nitrogens is 1. The van der Waals surface area contributed by atoms with Crippen molar-refractivity contribution in [3.8, 4) is 10.6 Å². The number of thiophene rings is 2. The third-order valence-corrected chi connectivity index (χ3v) is 5.50. The van der Waals surface area contributed by atoms with Gasteiger partial charge in [-0.3, -0.25) is 4.99 Å². The number of aryl methyl sites for hydroxylation is 1. The molecule has 0 radical (unpaired) electrons. The molecule has 3 heterocycles. The molecule has 6 heteroatoms. The molecule has 0 aliphatic carbocycles. The van der Waals surface area contributed by atoms with Crippen LogP contribution < -0.4 is 4.80 Å². The van der Waals surface area contributed by atoms with E-state index in [0.29, 0.717) is 0 Å². The van der Waals surface area contributed by atoms with Crippen molar-refractivity contribution >= 4 is 40.2 Å². The average molecular weight is 334 g/mol. The summed E-state index contributed by atoms with van der Waals surface area (Å²) in [4.78, 5) is 9.13. The third kappa shape index (κ3) is 3.23. The molecule has 0 saturated carbocycles. The first-order valence-corrected chi connectivity index (χ1v) is 9.21. The molecule has 3 nitrogen and oxygen atoms in total. The lowest BCUT2D eigenvalue weighted by Crippen LogP contribution is -2.11. The van der Waals surface area contributed by atoms with Gasteiger partial charge in [-0.2, -0.15) is 5.10 Å². The van der Waals surface area contributed by atoms with E-state index in [0.717, 1.165) is 21.9 Å². The van der Waals surface area contributed by atoms with E-state index < -0.39 is 0 Å². The van der Waals surface area contributed by atoms with Crippen molar-refractivity contribution in [3.05, 3.63) is 49.6 Å². The van der Waals surface area contributed by atoms with Crippen molar-refractivity contribution in [1.29, 1.82) is 0 Å². The van der Waals surface area contributed by atoms with E-state index in [-0.39, 0.29) is 0 Å². The highest BCUT2D eigenvalue weighted by Crippen LogP contribution is 2.25. The number of hydrogen-bond donors (Lipinski definition) is 0. The second-order valence-corrected chi connectivity index (χ2v) is 7.46. The quantitative estimate of drug-likeness (QED) is 0.631. The summed E-state index contributed by atoms with van der Waals surface area (Å²) in [5, 5.41) is 8.86. The van der Waals surface area contributed by atoms with E-state index in [2.05, 4.69) is 52.0 Å². The van der Waals surface area contributed by atoms with Gasteiger partial charge in [0, 0.05) is 21.7 Å². The monoisotopic (exact) mass is 333 g/mol. The molecule has 0 spiro atoms. The van der Waals surface area contributed by atoms with Gasteiger partial charge in [-0.15, -0.1) is 34.0 Å². The summed E-state index contributed by atoms with van der Waals surface area (Å²) in [6.45, 7) is 4.91. The van der Waals surface area contributed by atoms with Crippen LogP contribution >= 0.6 is 34.0 Å². The minimum absolute atomic E-state index is 0.762. The van der Waals surface area contributed by atoms with Crippen molar-refractivity contribution < 1.29 is 0 Å². The van der Waals surface area contributed by atoms with Gasteiger partial charge in [0.05, 0.1) is 16.8 Å². The van der Waals surface area contributed by atoms with Gasteiger partial charge in [0.25, 0.3) is 0 Å². The first-order valence-electron chi connectivity index (χ1n) is 6.63. The maximum absolute atomic E-state index is 4.65. The Bertz CT molecular complexity index is 803. The molecular formula is C15H15N3S3. The van der Waals surface area contributed by atoms with Crippen molar-refractivity contribution in [3.63, 3.8) is 0 Å². The molecule has 0 N–H and O–H groups in total. The first kappa shape index (κ1) is 14.4. The SMILES string of the molecule is CCN=c1scc(-c2cccs2)n1N=Cc1ccc(C)s1. The molecule has 0 aliphatic rings. The fourth-order valence-electron chi connectivity index (χ4n) is 1.89. The molecule has 0 saturated heterocycles. The van der Waals surface area contributed by atoms with Crippen LogP contribution in [0.3, 0.4) is 0 Å². The average Bonchev–Trinajstić information content (AvgIpc) is 3.17. The Morgan fingerprint density at radius 1 is 1.24 bits per heavy atom. The van der Waals surface area contributed by atoms with Gasteiger partial charge in [-0.1, -0.05) is 6.07 Å². The molecule has 0 atom stereocenters. The fourth-order valence-corrected chi connectivity index (χ4v) is 4.32. The van der Waals surface area contributed by atoms with Gasteiger partial charge in [-0.25, -0.2) is 4.68 Å². The van der Waals surface area contributed by atoms with Crippen molar-refractivity contribution in [1.82, 2.24) is 4.68 Å². The summed E-state index contributed by atoms with van der Waals surface area (Å²) in [5.41, 5.74) is 1.10. The highest BCUT2D eigenvalue weighted by Gasteiger charge is 2.07. The molecule has 0 bridgehead atoms. The first-order chi connectivity index (χ1) is 10.3. The molecule has 0 aliphatic heterocycles. The Kier molecular flexibility index (Phi) is 4.48. The van der Waals surface area contributed by atoms with Gasteiger partial charge in [0.15, 0.2) is 0 Å². The minimum Gasteiger partial charge on any atom is -0.258 e. The largest absolute Gasteiger partial charge is 0.258 e. The summed E-state index contributed by atoms with van der Waals surface area (Å²) in [6, 6.07) is 8.38. The molecule has 0 unspecified atom stereocenters. The number of hydrogen-bond acceptors (Lipinski definition) is 5. The Balaban J connectivity index is 2.05. The topological polar surface area (TPSA) is 29.6 Å². The van der Waals surface area contributed by atoms with Crippen molar-refractivity contribution in [2.45, 2.75) is 13.8 Å². The number of thiazole rings is 1. The van der Waals surface area contributed by atoms with Gasteiger partial charge >= 0.3 is 0 Å². The Hall–Kier alpha value is -1.50. The lowest BCUT2D eigenvalue weighted by Gasteiger charge is -1.99. The maximum Gasteiger partial charge on any atom is 0.206 e. The summed E-state index contributed by atoms with van der Waals surface area (Å²) in [7, 11) is 0. The van der Waals surface area contributed by atoms with E-state index in [1.54, 1.807) is 34.0 Å². The molecule has 108 valence electrons. The lowest BCUT2D eigenvalue weighted by atomic mass is 10.4. The van der Waals surface area contributed by atoms with Crippen molar-refractivity contribution in [2.75, 3.05) is 6.54 Å². The number of nitrogens with zero attached hydrogens (tertiary/aromatic N) is 3. The van der Waals surface area contributed by atoms with E-state index in [9.17, 15) is 0 Å². The Morgan fingerprint density at radius 3 is 2.81 bits per heavy atom. The van der Waals surface area contributed by atoms with Crippen LogP contribution in [0.5, 0.6) is 0 Å². The zero-order valence-corrected chi connectivity index (χ0v) is 14.3. The van der Waals surface area contributed by atoms with Crippen LogP contribution in [-0.2, 0) is 0 Å². The maximum atomic E-state index is 4.65. The van der Waals surface area contributed by atoms with Crippen LogP contribution in [0.1, 0.15) is 16.7 Å². The summed E-state index contributed by atoms with van der Waals surface area (Å²) < 4.78 is 1.94. The summed E-state index contributed by atoms with van der Waals surface area (Å²) in [5.74, 6) is 0.